The van der Waals surface area contributed by atoms with Gasteiger partial charge in [-0.3, -0.25) is 0 Å². The molecule has 1 aromatic rings. The molecule has 1 fully saturated rings. The summed E-state index contributed by atoms with van der Waals surface area (Å²) in [7, 11) is 0. The van der Waals surface area contributed by atoms with Crippen molar-refractivity contribution in [3.05, 3.63) is 33.8 Å². The van der Waals surface area contributed by atoms with Crippen LogP contribution < -0.4 is 5.73 Å². The van der Waals surface area contributed by atoms with E-state index in [1.54, 1.807) is 0 Å². The molecule has 0 radical (unpaired) electrons. The number of likely N-dealkylation sites (tertiary alicyclic amines) is 1. The highest BCUT2D eigenvalue weighted by Gasteiger charge is 2.39. The smallest absolute Gasteiger partial charge is 0.410 e. The number of nitrogens with two attached hydrogens (primary N) is 1. The Morgan fingerprint density at radius 3 is 2.64 bits per heavy atom. The van der Waals surface area contributed by atoms with Crippen molar-refractivity contribution in [3.63, 3.8) is 0 Å². The van der Waals surface area contributed by atoms with E-state index in [1.165, 1.54) is 0 Å². The molecular formula is C19H28Cl2N2O2. The zero-order chi connectivity index (χ0) is 18.7. The number of carbonyl (C=O) groups excluding carboxylic acids is 1. The Kier molecular flexibility index (Phi) is 6.63. The molecule has 1 saturated heterocycles. The van der Waals surface area contributed by atoms with Crippen molar-refractivity contribution in [2.24, 2.45) is 5.73 Å². The van der Waals surface area contributed by atoms with Crippen molar-refractivity contribution < 1.29 is 9.53 Å². The lowest BCUT2D eigenvalue weighted by Gasteiger charge is -2.43. The summed E-state index contributed by atoms with van der Waals surface area (Å²) >= 11 is 12.3. The van der Waals surface area contributed by atoms with E-state index in [1.807, 2.05) is 43.9 Å². The van der Waals surface area contributed by atoms with Gasteiger partial charge >= 0.3 is 6.09 Å². The van der Waals surface area contributed by atoms with Crippen LogP contribution in [-0.4, -0.2) is 36.2 Å². The average molecular weight is 387 g/mol. The third-order valence-electron chi connectivity index (χ3n) is 4.62. The molecule has 0 aromatic heterocycles. The topological polar surface area (TPSA) is 55.6 Å². The quantitative estimate of drug-likeness (QED) is 0.791. The predicted octanol–water partition coefficient (Wildman–Crippen LogP) is 5.00. The van der Waals surface area contributed by atoms with Crippen LogP contribution in [0.3, 0.4) is 0 Å². The SMILES string of the molecule is CC(C)(C)OC(=O)N1CCCC(CCCN)(c2ccc(Cl)c(Cl)c2)C1. The number of halogens is 2. The third kappa shape index (κ3) is 5.25. The second kappa shape index (κ2) is 8.15. The van der Waals surface area contributed by atoms with Crippen LogP contribution in [0.2, 0.25) is 10.0 Å². The molecule has 0 spiro atoms. The maximum absolute atomic E-state index is 12.6. The van der Waals surface area contributed by atoms with Crippen LogP contribution in [0.15, 0.2) is 18.2 Å². The zero-order valence-electron chi connectivity index (χ0n) is 15.3. The van der Waals surface area contributed by atoms with E-state index in [2.05, 4.69) is 0 Å². The van der Waals surface area contributed by atoms with Crippen LogP contribution in [0, 0.1) is 0 Å². The molecule has 4 nitrogen and oxygen atoms in total. The summed E-state index contributed by atoms with van der Waals surface area (Å²) in [6.07, 6.45) is 3.45. The fourth-order valence-electron chi connectivity index (χ4n) is 3.46. The van der Waals surface area contributed by atoms with Gasteiger partial charge < -0.3 is 15.4 Å². The van der Waals surface area contributed by atoms with Gasteiger partial charge in [0.1, 0.15) is 5.60 Å². The van der Waals surface area contributed by atoms with Gasteiger partial charge in [0.15, 0.2) is 0 Å². The summed E-state index contributed by atoms with van der Waals surface area (Å²) in [5.74, 6) is 0. The number of piperidine rings is 1. The number of hydrogen-bond acceptors (Lipinski definition) is 3. The van der Waals surface area contributed by atoms with E-state index >= 15 is 0 Å². The molecule has 1 unspecified atom stereocenters. The minimum atomic E-state index is -0.502. The maximum Gasteiger partial charge on any atom is 0.410 e. The molecule has 6 heteroatoms. The van der Waals surface area contributed by atoms with E-state index < -0.39 is 5.60 Å². The molecule has 140 valence electrons. The van der Waals surface area contributed by atoms with Crippen LogP contribution in [0.5, 0.6) is 0 Å². The number of benzene rings is 1. The van der Waals surface area contributed by atoms with Crippen molar-refractivity contribution in [2.45, 2.75) is 57.5 Å². The number of rotatable bonds is 4. The highest BCUT2D eigenvalue weighted by atomic mass is 35.5. The average Bonchev–Trinajstić information content (AvgIpc) is 2.54. The van der Waals surface area contributed by atoms with Crippen molar-refractivity contribution in [2.75, 3.05) is 19.6 Å². The van der Waals surface area contributed by atoms with E-state index in [9.17, 15) is 4.79 Å². The summed E-state index contributed by atoms with van der Waals surface area (Å²) in [5, 5.41) is 1.08. The minimum Gasteiger partial charge on any atom is -0.444 e. The van der Waals surface area contributed by atoms with Crippen LogP contribution in [0.4, 0.5) is 4.79 Å². The van der Waals surface area contributed by atoms with E-state index in [4.69, 9.17) is 33.7 Å². The summed E-state index contributed by atoms with van der Waals surface area (Å²) in [5.41, 5.74) is 6.21. The maximum atomic E-state index is 12.6. The van der Waals surface area contributed by atoms with Crippen LogP contribution >= 0.6 is 23.2 Å². The minimum absolute atomic E-state index is 0.164. The summed E-state index contributed by atoms with van der Waals surface area (Å²) in [4.78, 5) is 14.4. The van der Waals surface area contributed by atoms with Crippen molar-refractivity contribution in [1.82, 2.24) is 4.90 Å². The number of nitrogens with zero attached hydrogens (tertiary/aromatic N) is 1. The second-order valence-corrected chi connectivity index (χ2v) is 8.62. The zero-order valence-corrected chi connectivity index (χ0v) is 16.8. The molecule has 1 atom stereocenters. The van der Waals surface area contributed by atoms with Gasteiger partial charge in [0.05, 0.1) is 10.0 Å². The number of carbonyl (C=O) groups is 1. The first-order valence-corrected chi connectivity index (χ1v) is 9.56. The van der Waals surface area contributed by atoms with Crippen LogP contribution in [0.25, 0.3) is 0 Å². The Labute approximate surface area is 160 Å². The lowest BCUT2D eigenvalue weighted by Crippen LogP contribution is -2.50. The standard InChI is InChI=1S/C19H28Cl2N2O2/c1-18(2,3)25-17(24)23-11-5-9-19(13-23,8-4-10-22)14-6-7-15(20)16(21)12-14/h6-7,12H,4-5,8-11,13,22H2,1-3H3. The van der Waals surface area contributed by atoms with Gasteiger partial charge in [-0.15, -0.1) is 0 Å². The first-order chi connectivity index (χ1) is 11.7. The molecule has 1 amide bonds. The monoisotopic (exact) mass is 386 g/mol. The Balaban J connectivity index is 2.29. The molecule has 1 aliphatic rings. The van der Waals surface area contributed by atoms with E-state index in [0.29, 0.717) is 29.7 Å². The number of hydrogen-bond donors (Lipinski definition) is 1. The van der Waals surface area contributed by atoms with Crippen LogP contribution in [-0.2, 0) is 10.2 Å². The van der Waals surface area contributed by atoms with Gasteiger partial charge in [0, 0.05) is 18.5 Å². The second-order valence-electron chi connectivity index (χ2n) is 7.81. The van der Waals surface area contributed by atoms with Crippen molar-refractivity contribution in [3.8, 4) is 0 Å². The van der Waals surface area contributed by atoms with Crippen molar-refractivity contribution in [1.29, 1.82) is 0 Å². The van der Waals surface area contributed by atoms with Gasteiger partial charge in [-0.1, -0.05) is 29.3 Å². The first-order valence-electron chi connectivity index (χ1n) is 8.80. The largest absolute Gasteiger partial charge is 0.444 e. The van der Waals surface area contributed by atoms with Gasteiger partial charge in [-0.05, 0) is 70.7 Å². The van der Waals surface area contributed by atoms with Gasteiger partial charge in [-0.25, -0.2) is 4.79 Å². The van der Waals surface area contributed by atoms with Gasteiger partial charge in [-0.2, -0.15) is 0 Å². The highest BCUT2D eigenvalue weighted by Crippen LogP contribution is 2.40. The Morgan fingerprint density at radius 1 is 1.32 bits per heavy atom. The predicted molar refractivity (Wildman–Crippen MR) is 103 cm³/mol. The normalized spacial score (nSPS) is 21.3. The highest BCUT2D eigenvalue weighted by molar-refractivity contribution is 6.42. The first kappa shape index (κ1) is 20.3. The fourth-order valence-corrected chi connectivity index (χ4v) is 3.76. The van der Waals surface area contributed by atoms with Crippen molar-refractivity contribution >= 4 is 29.3 Å². The molecule has 0 bridgehead atoms. The Hall–Kier alpha value is -0.970. The van der Waals surface area contributed by atoms with Gasteiger partial charge in [0.25, 0.3) is 0 Å². The molecule has 1 aromatic carbocycles. The molecule has 1 aliphatic heterocycles. The van der Waals surface area contributed by atoms with Gasteiger partial charge in [0.2, 0.25) is 0 Å². The molecule has 0 aliphatic carbocycles. The summed E-state index contributed by atoms with van der Waals surface area (Å²) in [6, 6.07) is 5.78. The lowest BCUT2D eigenvalue weighted by atomic mass is 9.71. The van der Waals surface area contributed by atoms with E-state index in [-0.39, 0.29) is 11.5 Å². The van der Waals surface area contributed by atoms with E-state index in [0.717, 1.165) is 31.2 Å². The number of ether oxygens (including phenoxy) is 1. The molecule has 2 rings (SSSR count). The van der Waals surface area contributed by atoms with Crippen LogP contribution in [0.1, 0.15) is 52.0 Å². The lowest BCUT2D eigenvalue weighted by molar-refractivity contribution is 0.0125. The molecule has 0 saturated carbocycles. The summed E-state index contributed by atoms with van der Waals surface area (Å²) < 4.78 is 5.57. The third-order valence-corrected chi connectivity index (χ3v) is 5.36. The molecular weight excluding hydrogens is 359 g/mol. The Morgan fingerprint density at radius 2 is 2.04 bits per heavy atom. The molecule has 1 heterocycles. The Bertz CT molecular complexity index is 616. The number of amides is 1. The fraction of sp³-hybridized carbons (Fsp3) is 0.632. The summed E-state index contributed by atoms with van der Waals surface area (Å²) in [6.45, 7) is 7.59. The molecule has 25 heavy (non-hydrogen) atoms. The molecule has 2 N–H and O–H groups in total.